The van der Waals surface area contributed by atoms with Gasteiger partial charge in [-0.3, -0.25) is 0 Å². The van der Waals surface area contributed by atoms with E-state index in [0.29, 0.717) is 0 Å². The van der Waals surface area contributed by atoms with Crippen LogP contribution >= 0.6 is 0 Å². The van der Waals surface area contributed by atoms with E-state index in [2.05, 4.69) is 7.05 Å². The Morgan fingerprint density at radius 2 is 1.94 bits per heavy atom. The SMILES string of the molecule is CN(C1CC[NH+](C)CC1)S(=O)(=O)CCCC(=O)[O-]. The molecule has 18 heavy (non-hydrogen) atoms. The maximum absolute atomic E-state index is 12.0. The zero-order valence-electron chi connectivity index (χ0n) is 11.0. The van der Waals surface area contributed by atoms with E-state index in [1.54, 1.807) is 7.05 Å². The molecular weight excluding hydrogens is 256 g/mol. The van der Waals surface area contributed by atoms with Gasteiger partial charge in [0.05, 0.1) is 25.9 Å². The van der Waals surface area contributed by atoms with E-state index in [9.17, 15) is 18.3 Å². The number of likely N-dealkylation sites (tertiary alicyclic amines) is 1. The van der Waals surface area contributed by atoms with E-state index < -0.39 is 16.0 Å². The van der Waals surface area contributed by atoms with Crippen LogP contribution in [0.5, 0.6) is 0 Å². The molecule has 0 aromatic heterocycles. The highest BCUT2D eigenvalue weighted by molar-refractivity contribution is 7.89. The fourth-order valence-corrected chi connectivity index (χ4v) is 3.69. The van der Waals surface area contributed by atoms with E-state index in [4.69, 9.17) is 0 Å². The van der Waals surface area contributed by atoms with Crippen molar-refractivity contribution in [1.29, 1.82) is 0 Å². The third-order valence-corrected chi connectivity index (χ3v) is 5.53. The van der Waals surface area contributed by atoms with Gasteiger partial charge in [0, 0.05) is 31.9 Å². The first-order chi connectivity index (χ1) is 8.33. The Morgan fingerprint density at radius 3 is 2.44 bits per heavy atom. The lowest BCUT2D eigenvalue weighted by Gasteiger charge is -2.32. The summed E-state index contributed by atoms with van der Waals surface area (Å²) >= 11 is 0. The molecule has 0 spiro atoms. The number of hydrogen-bond acceptors (Lipinski definition) is 4. The van der Waals surface area contributed by atoms with Gasteiger partial charge in [0.15, 0.2) is 0 Å². The molecule has 1 aliphatic heterocycles. The number of aliphatic carboxylic acids is 1. The van der Waals surface area contributed by atoms with Gasteiger partial charge in [0.25, 0.3) is 0 Å². The summed E-state index contributed by atoms with van der Waals surface area (Å²) in [5, 5.41) is 10.3. The summed E-state index contributed by atoms with van der Waals surface area (Å²) in [6, 6.07) is 0.0571. The molecule has 0 aliphatic carbocycles. The van der Waals surface area contributed by atoms with Crippen LogP contribution in [-0.4, -0.2) is 57.7 Å². The molecule has 0 saturated carbocycles. The molecule has 106 valence electrons. The second-order valence-corrected chi connectivity index (χ2v) is 7.14. The molecule has 1 N–H and O–H groups in total. The number of carboxylic acid groups (broad SMARTS) is 1. The minimum atomic E-state index is -3.34. The Balaban J connectivity index is 2.48. The first-order valence-electron chi connectivity index (χ1n) is 6.30. The Kier molecular flexibility index (Phi) is 5.55. The van der Waals surface area contributed by atoms with Crippen molar-refractivity contribution in [3.8, 4) is 0 Å². The number of nitrogens with one attached hydrogen (secondary N) is 1. The van der Waals surface area contributed by atoms with E-state index in [1.807, 2.05) is 0 Å². The number of nitrogens with zero attached hydrogens (tertiary/aromatic N) is 1. The summed E-state index contributed by atoms with van der Waals surface area (Å²) in [6.45, 7) is 1.95. The summed E-state index contributed by atoms with van der Waals surface area (Å²) in [6.07, 6.45) is 1.64. The highest BCUT2D eigenvalue weighted by atomic mass is 32.2. The molecule has 0 aromatic rings. The molecule has 1 aliphatic rings. The van der Waals surface area contributed by atoms with Crippen LogP contribution in [0.3, 0.4) is 0 Å². The Hall–Kier alpha value is -0.660. The number of carbonyl (C=O) groups excluding carboxylic acids is 1. The first kappa shape index (κ1) is 15.4. The highest BCUT2D eigenvalue weighted by Gasteiger charge is 2.29. The van der Waals surface area contributed by atoms with E-state index in [1.165, 1.54) is 9.21 Å². The highest BCUT2D eigenvalue weighted by Crippen LogP contribution is 2.13. The molecule has 1 fully saturated rings. The van der Waals surface area contributed by atoms with Crippen LogP contribution in [0.4, 0.5) is 0 Å². The number of hydrogen-bond donors (Lipinski definition) is 1. The molecular formula is C11H22N2O4S. The topological polar surface area (TPSA) is 82.0 Å². The van der Waals surface area contributed by atoms with Crippen LogP contribution in [0.1, 0.15) is 25.7 Å². The average molecular weight is 278 g/mol. The third-order valence-electron chi connectivity index (χ3n) is 3.54. The van der Waals surface area contributed by atoms with Crippen molar-refractivity contribution in [1.82, 2.24) is 4.31 Å². The summed E-state index contributed by atoms with van der Waals surface area (Å²) in [4.78, 5) is 11.7. The lowest BCUT2D eigenvalue weighted by Crippen LogP contribution is -3.10. The molecule has 6 nitrogen and oxygen atoms in total. The summed E-state index contributed by atoms with van der Waals surface area (Å²) in [5.74, 6) is -1.31. The smallest absolute Gasteiger partial charge is 0.214 e. The molecule has 1 heterocycles. The predicted octanol–water partition coefficient (Wildman–Crippen LogP) is -2.54. The van der Waals surface area contributed by atoms with Crippen LogP contribution in [0, 0.1) is 0 Å². The predicted molar refractivity (Wildman–Crippen MR) is 65.4 cm³/mol. The van der Waals surface area contributed by atoms with Crippen molar-refractivity contribution in [2.75, 3.05) is 32.9 Å². The van der Waals surface area contributed by atoms with Crippen molar-refractivity contribution >= 4 is 16.0 Å². The maximum Gasteiger partial charge on any atom is 0.214 e. The number of piperidine rings is 1. The van der Waals surface area contributed by atoms with Crippen LogP contribution in [0.15, 0.2) is 0 Å². The minimum Gasteiger partial charge on any atom is -0.550 e. The summed E-state index contributed by atoms with van der Waals surface area (Å²) in [5.41, 5.74) is 0. The average Bonchev–Trinajstić information content (AvgIpc) is 2.28. The number of sulfonamides is 1. The molecule has 1 saturated heterocycles. The first-order valence-corrected chi connectivity index (χ1v) is 7.90. The van der Waals surface area contributed by atoms with Gasteiger partial charge in [-0.1, -0.05) is 0 Å². The lowest BCUT2D eigenvalue weighted by atomic mass is 10.1. The number of rotatable bonds is 6. The molecule has 0 atom stereocenters. The standard InChI is InChI=1S/C11H22N2O4S/c1-12-7-5-10(6-8-12)13(2)18(16,17)9-3-4-11(14)15/h10H,3-9H2,1-2H3,(H,14,15). The molecule has 0 bridgehead atoms. The van der Waals surface area contributed by atoms with E-state index in [0.717, 1.165) is 25.9 Å². The van der Waals surface area contributed by atoms with Gasteiger partial charge in [0.2, 0.25) is 10.0 Å². The van der Waals surface area contributed by atoms with Gasteiger partial charge in [-0.15, -0.1) is 0 Å². The Morgan fingerprint density at radius 1 is 1.39 bits per heavy atom. The molecule has 0 amide bonds. The molecule has 0 aromatic carbocycles. The largest absolute Gasteiger partial charge is 0.550 e. The van der Waals surface area contributed by atoms with Crippen LogP contribution in [-0.2, 0) is 14.8 Å². The number of carbonyl (C=O) groups is 1. The summed E-state index contributed by atoms with van der Waals surface area (Å²) in [7, 11) is 0.359. The second-order valence-electron chi connectivity index (χ2n) is 5.00. The van der Waals surface area contributed by atoms with Crippen LogP contribution < -0.4 is 10.0 Å². The van der Waals surface area contributed by atoms with Crippen molar-refractivity contribution in [2.24, 2.45) is 0 Å². The zero-order chi connectivity index (χ0) is 13.8. The molecule has 7 heteroatoms. The Bertz CT molecular complexity index is 375. The number of quaternary nitrogens is 1. The normalized spacial score (nSPS) is 25.3. The van der Waals surface area contributed by atoms with Gasteiger partial charge >= 0.3 is 0 Å². The summed E-state index contributed by atoms with van der Waals surface area (Å²) < 4.78 is 25.4. The van der Waals surface area contributed by atoms with Crippen molar-refractivity contribution in [3.05, 3.63) is 0 Å². The molecule has 1 rings (SSSR count). The quantitative estimate of drug-likeness (QED) is 0.580. The second kappa shape index (κ2) is 6.49. The van der Waals surface area contributed by atoms with Gasteiger partial charge in [-0.2, -0.15) is 0 Å². The van der Waals surface area contributed by atoms with Crippen molar-refractivity contribution in [2.45, 2.75) is 31.7 Å². The fourth-order valence-electron chi connectivity index (χ4n) is 2.23. The minimum absolute atomic E-state index is 0.0571. The van der Waals surface area contributed by atoms with Gasteiger partial charge in [-0.05, 0) is 12.8 Å². The van der Waals surface area contributed by atoms with Gasteiger partial charge in [-0.25, -0.2) is 12.7 Å². The monoisotopic (exact) mass is 278 g/mol. The lowest BCUT2D eigenvalue weighted by molar-refractivity contribution is -0.885. The Labute approximate surface area is 109 Å². The molecule has 0 radical (unpaired) electrons. The fraction of sp³-hybridized carbons (Fsp3) is 0.909. The zero-order valence-corrected chi connectivity index (χ0v) is 11.8. The number of carboxylic acids is 1. The van der Waals surface area contributed by atoms with Gasteiger partial charge in [0.1, 0.15) is 0 Å². The molecule has 0 unspecified atom stereocenters. The van der Waals surface area contributed by atoms with Gasteiger partial charge < -0.3 is 14.8 Å². The van der Waals surface area contributed by atoms with Crippen molar-refractivity contribution < 1.29 is 23.2 Å². The third kappa shape index (κ3) is 4.55. The van der Waals surface area contributed by atoms with E-state index >= 15 is 0 Å². The van der Waals surface area contributed by atoms with Crippen molar-refractivity contribution in [3.63, 3.8) is 0 Å². The van der Waals surface area contributed by atoms with E-state index in [-0.39, 0.29) is 24.6 Å². The van der Waals surface area contributed by atoms with Crippen LogP contribution in [0.25, 0.3) is 0 Å². The maximum atomic E-state index is 12.0. The van der Waals surface area contributed by atoms with Crippen LogP contribution in [0.2, 0.25) is 0 Å².